The number of aromatic nitrogens is 2. The largest absolute Gasteiger partial charge is 0.477 e. The van der Waals surface area contributed by atoms with Gasteiger partial charge in [-0.3, -0.25) is 0 Å². The zero-order valence-electron chi connectivity index (χ0n) is 8.47. The van der Waals surface area contributed by atoms with Crippen LogP contribution in [-0.2, 0) is 0 Å². The molecule has 0 aliphatic rings. The van der Waals surface area contributed by atoms with Crippen molar-refractivity contribution in [1.29, 1.82) is 0 Å². The highest BCUT2D eigenvalue weighted by Gasteiger charge is 2.12. The monoisotopic (exact) mass is 235 g/mol. The van der Waals surface area contributed by atoms with Gasteiger partial charge in [0.1, 0.15) is 17.2 Å². The summed E-state index contributed by atoms with van der Waals surface area (Å²) in [5.74, 6) is -0.189. The first-order valence-corrected chi connectivity index (χ1v) is 5.42. The normalized spacial score (nSPS) is 10.1. The smallest absolute Gasteiger partial charge is 0.341 e. The molecule has 0 bridgehead atoms. The Bertz CT molecular complexity index is 511. The minimum absolute atomic E-state index is 0.0685. The molecule has 2 rings (SSSR count). The Morgan fingerprint density at radius 1 is 1.56 bits per heavy atom. The average Bonchev–Trinajstić information content (AvgIpc) is 2.70. The van der Waals surface area contributed by atoms with Crippen molar-refractivity contribution in [3.63, 3.8) is 0 Å². The van der Waals surface area contributed by atoms with Crippen LogP contribution in [0.4, 0.5) is 10.8 Å². The molecule has 0 saturated carbocycles. The van der Waals surface area contributed by atoms with Crippen molar-refractivity contribution in [2.24, 2.45) is 0 Å². The highest BCUT2D eigenvalue weighted by Crippen LogP contribution is 2.22. The van der Waals surface area contributed by atoms with Crippen LogP contribution in [0.2, 0.25) is 0 Å². The van der Waals surface area contributed by atoms with Gasteiger partial charge >= 0.3 is 5.97 Å². The second kappa shape index (κ2) is 4.28. The first-order chi connectivity index (χ1) is 7.66. The second-order valence-electron chi connectivity index (χ2n) is 3.09. The first-order valence-electron chi connectivity index (χ1n) is 4.54. The van der Waals surface area contributed by atoms with E-state index in [1.165, 1.54) is 17.5 Å². The summed E-state index contributed by atoms with van der Waals surface area (Å²) in [5.41, 5.74) is 0.0685. The van der Waals surface area contributed by atoms with Crippen molar-refractivity contribution >= 4 is 28.1 Å². The molecule has 0 fully saturated rings. The van der Waals surface area contributed by atoms with Crippen LogP contribution in [0.15, 0.2) is 23.7 Å². The molecule has 0 radical (unpaired) electrons. The van der Waals surface area contributed by atoms with E-state index in [2.05, 4.69) is 15.3 Å². The number of nitrogens with one attached hydrogen (secondary N) is 1. The molecule has 6 heteroatoms. The number of aromatic carboxylic acids is 1. The fraction of sp³-hybridized carbons (Fsp3) is 0.100. The van der Waals surface area contributed by atoms with Gasteiger partial charge in [-0.1, -0.05) is 0 Å². The molecule has 0 unspecified atom stereocenters. The highest BCUT2D eigenvalue weighted by atomic mass is 32.1. The molecule has 0 aromatic carbocycles. The van der Waals surface area contributed by atoms with E-state index in [9.17, 15) is 4.79 Å². The van der Waals surface area contributed by atoms with Crippen molar-refractivity contribution in [2.75, 3.05) is 5.32 Å². The molecule has 5 nitrogen and oxygen atoms in total. The Kier molecular flexibility index (Phi) is 2.82. The summed E-state index contributed by atoms with van der Waals surface area (Å²) < 4.78 is 0. The molecule has 0 spiro atoms. The quantitative estimate of drug-likeness (QED) is 0.853. The fourth-order valence-corrected chi connectivity index (χ4v) is 1.80. The topological polar surface area (TPSA) is 75.1 Å². The summed E-state index contributed by atoms with van der Waals surface area (Å²) in [6.45, 7) is 1.71. The van der Waals surface area contributed by atoms with E-state index in [1.807, 2.05) is 17.5 Å². The van der Waals surface area contributed by atoms with Crippen LogP contribution in [0.3, 0.4) is 0 Å². The zero-order valence-corrected chi connectivity index (χ0v) is 9.28. The Hall–Kier alpha value is -1.95. The lowest BCUT2D eigenvalue weighted by atomic mass is 10.3. The van der Waals surface area contributed by atoms with Crippen molar-refractivity contribution in [3.8, 4) is 0 Å². The lowest BCUT2D eigenvalue weighted by Gasteiger charge is -2.06. The maximum absolute atomic E-state index is 10.9. The van der Waals surface area contributed by atoms with Crippen LogP contribution in [0, 0.1) is 6.92 Å². The van der Waals surface area contributed by atoms with Crippen LogP contribution in [0.1, 0.15) is 16.2 Å². The number of carboxylic acids is 1. The molecule has 0 saturated heterocycles. The number of carbonyl (C=O) groups is 1. The minimum atomic E-state index is -1.04. The maximum Gasteiger partial charge on any atom is 0.341 e. The van der Waals surface area contributed by atoms with E-state index >= 15 is 0 Å². The predicted molar refractivity (Wildman–Crippen MR) is 61.3 cm³/mol. The van der Waals surface area contributed by atoms with E-state index in [-0.39, 0.29) is 5.56 Å². The predicted octanol–water partition coefficient (Wildman–Crippen LogP) is 2.29. The molecule has 2 aromatic rings. The van der Waals surface area contributed by atoms with Gasteiger partial charge in [-0.25, -0.2) is 14.8 Å². The maximum atomic E-state index is 10.9. The highest BCUT2D eigenvalue weighted by molar-refractivity contribution is 7.14. The number of hydrogen-bond donors (Lipinski definition) is 2. The molecule has 82 valence electrons. The average molecular weight is 235 g/mol. The Balaban J connectivity index is 2.38. The van der Waals surface area contributed by atoms with Crippen LogP contribution >= 0.6 is 11.3 Å². The number of anilines is 2. The Morgan fingerprint density at radius 2 is 2.38 bits per heavy atom. The molecule has 0 aliphatic carbocycles. The number of carboxylic acid groups (broad SMARTS) is 1. The minimum Gasteiger partial charge on any atom is -0.477 e. The van der Waals surface area contributed by atoms with Crippen molar-refractivity contribution in [2.45, 2.75) is 6.92 Å². The number of thiophene rings is 1. The summed E-state index contributed by atoms with van der Waals surface area (Å²) in [4.78, 5) is 18.9. The third-order valence-corrected chi connectivity index (χ3v) is 2.69. The number of nitrogens with zero attached hydrogens (tertiary/aromatic N) is 2. The fourth-order valence-electron chi connectivity index (χ4n) is 1.19. The van der Waals surface area contributed by atoms with E-state index < -0.39 is 5.97 Å². The molecule has 2 heterocycles. The van der Waals surface area contributed by atoms with Gasteiger partial charge in [0.15, 0.2) is 0 Å². The van der Waals surface area contributed by atoms with Gasteiger partial charge in [-0.2, -0.15) is 0 Å². The summed E-state index contributed by atoms with van der Waals surface area (Å²) in [6, 6.07) is 3.73. The van der Waals surface area contributed by atoms with Crippen molar-refractivity contribution in [1.82, 2.24) is 9.97 Å². The van der Waals surface area contributed by atoms with E-state index in [1.54, 1.807) is 6.92 Å². The molecule has 0 amide bonds. The van der Waals surface area contributed by atoms with Crippen LogP contribution in [0.25, 0.3) is 0 Å². The van der Waals surface area contributed by atoms with E-state index in [0.717, 1.165) is 5.00 Å². The van der Waals surface area contributed by atoms with E-state index in [4.69, 9.17) is 5.11 Å². The van der Waals surface area contributed by atoms with Crippen molar-refractivity contribution in [3.05, 3.63) is 35.1 Å². The molecule has 0 atom stereocenters. The molecule has 16 heavy (non-hydrogen) atoms. The molecule has 0 aliphatic heterocycles. The number of hydrogen-bond acceptors (Lipinski definition) is 5. The standard InChI is InChI=1S/C10H9N3O2S/c1-6-11-5-7(10(14)15)9(12-6)13-8-3-2-4-16-8/h2-5H,1H3,(H,14,15)(H,11,12,13). The molecular formula is C10H9N3O2S. The van der Waals surface area contributed by atoms with Gasteiger partial charge in [-0.15, -0.1) is 11.3 Å². The third kappa shape index (κ3) is 2.17. The Morgan fingerprint density at radius 3 is 3.00 bits per heavy atom. The van der Waals surface area contributed by atoms with Crippen LogP contribution in [0.5, 0.6) is 0 Å². The third-order valence-electron chi connectivity index (χ3n) is 1.90. The SMILES string of the molecule is Cc1ncc(C(=O)O)c(Nc2cccs2)n1. The summed E-state index contributed by atoms with van der Waals surface area (Å²) in [7, 11) is 0. The van der Waals surface area contributed by atoms with Crippen molar-refractivity contribution < 1.29 is 9.90 Å². The lowest BCUT2D eigenvalue weighted by Crippen LogP contribution is -2.06. The van der Waals surface area contributed by atoms with Crippen LogP contribution in [-0.4, -0.2) is 21.0 Å². The second-order valence-corrected chi connectivity index (χ2v) is 4.03. The zero-order chi connectivity index (χ0) is 11.5. The Labute approximate surface area is 95.8 Å². The molecular weight excluding hydrogens is 226 g/mol. The van der Waals surface area contributed by atoms with Gasteiger partial charge in [0.2, 0.25) is 0 Å². The van der Waals surface area contributed by atoms with Gasteiger partial charge in [0, 0.05) is 6.20 Å². The summed E-state index contributed by atoms with van der Waals surface area (Å²) >= 11 is 1.48. The van der Waals surface area contributed by atoms with Gasteiger partial charge in [-0.05, 0) is 24.4 Å². The van der Waals surface area contributed by atoms with Gasteiger partial charge < -0.3 is 10.4 Å². The lowest BCUT2D eigenvalue weighted by molar-refractivity contribution is 0.0697. The number of aryl methyl sites for hydroxylation is 1. The van der Waals surface area contributed by atoms with E-state index in [0.29, 0.717) is 11.6 Å². The summed E-state index contributed by atoms with van der Waals surface area (Å²) in [5, 5.41) is 14.7. The molecule has 2 aromatic heterocycles. The molecule has 2 N–H and O–H groups in total. The van der Waals surface area contributed by atoms with Gasteiger partial charge in [0.25, 0.3) is 0 Å². The number of rotatable bonds is 3. The van der Waals surface area contributed by atoms with Gasteiger partial charge in [0.05, 0.1) is 5.00 Å². The first kappa shape index (κ1) is 10.6. The van der Waals surface area contributed by atoms with Crippen LogP contribution < -0.4 is 5.32 Å². The summed E-state index contributed by atoms with van der Waals surface area (Å²) in [6.07, 6.45) is 1.31.